The van der Waals surface area contributed by atoms with Gasteiger partial charge in [0.25, 0.3) is 5.56 Å². The molecule has 1 amide bonds. The van der Waals surface area contributed by atoms with E-state index in [1.54, 1.807) is 22.1 Å². The van der Waals surface area contributed by atoms with Gasteiger partial charge in [0, 0.05) is 31.6 Å². The van der Waals surface area contributed by atoms with E-state index in [2.05, 4.69) is 22.9 Å². The van der Waals surface area contributed by atoms with Crippen molar-refractivity contribution in [3.8, 4) is 23.1 Å². The summed E-state index contributed by atoms with van der Waals surface area (Å²) in [7, 11) is 0. The average molecular weight is 676 g/mol. The second-order valence-electron chi connectivity index (χ2n) is 11.0. The Morgan fingerprint density at radius 3 is 2.44 bits per heavy atom. The molecule has 0 radical (unpaired) electrons. The van der Waals surface area contributed by atoms with E-state index in [4.69, 9.17) is 34.8 Å². The first kappa shape index (κ1) is 32.3. The highest BCUT2D eigenvalue weighted by Gasteiger charge is 2.33. The lowest BCUT2D eigenvalue weighted by atomic mass is 9.94. The Bertz CT molecular complexity index is 1910. The van der Waals surface area contributed by atoms with Gasteiger partial charge < -0.3 is 20.2 Å². The zero-order chi connectivity index (χ0) is 32.9. The molecule has 2 aromatic heterocycles. The number of phenolic OH excluding ortho intramolecular Hbond substituents is 1. The van der Waals surface area contributed by atoms with Gasteiger partial charge in [0.05, 0.1) is 38.7 Å². The van der Waals surface area contributed by atoms with Crippen LogP contribution in [-0.2, 0) is 4.79 Å². The lowest BCUT2D eigenvalue weighted by molar-refractivity contribution is -0.126. The number of anilines is 1. The van der Waals surface area contributed by atoms with E-state index >= 15 is 0 Å². The molecule has 2 N–H and O–H groups in total. The van der Waals surface area contributed by atoms with Gasteiger partial charge in [-0.25, -0.2) is 13.8 Å². The normalized spacial score (nSPS) is 16.8. The zero-order valence-electron chi connectivity index (χ0n) is 24.4. The number of aromatic nitrogens is 2. The lowest BCUT2D eigenvalue weighted by Gasteiger charge is -2.37. The van der Waals surface area contributed by atoms with E-state index in [0.29, 0.717) is 29.7 Å². The van der Waals surface area contributed by atoms with Gasteiger partial charge >= 0.3 is 0 Å². The molecule has 9 nitrogen and oxygen atoms in total. The fourth-order valence-electron chi connectivity index (χ4n) is 5.72. The van der Waals surface area contributed by atoms with E-state index in [9.17, 15) is 28.7 Å². The molecule has 1 unspecified atom stereocenters. The number of halogens is 5. The lowest BCUT2D eigenvalue weighted by Crippen LogP contribution is -2.49. The third kappa shape index (κ3) is 5.31. The molecule has 5 rings (SSSR count). The number of phenols is 1. The maximum atomic E-state index is 14.8. The fourth-order valence-corrected chi connectivity index (χ4v) is 6.41. The average Bonchev–Trinajstić information content (AvgIpc) is 3.02. The number of dihydropyridines is 1. The van der Waals surface area contributed by atoms with Crippen molar-refractivity contribution in [1.29, 1.82) is 5.26 Å². The SMILES string of the molecule is C=CC(=O)N1CCN(c2c(C#N)c(=O)n(C3=C(C)C=CNC3C(C)C)c3nc(-c4c(O)c(Cl)c(F)c(F)c4Cl)c(Cl)cc23)CC1. The largest absolute Gasteiger partial charge is 0.506 e. The van der Waals surface area contributed by atoms with Crippen molar-refractivity contribution in [1.82, 2.24) is 19.8 Å². The summed E-state index contributed by atoms with van der Waals surface area (Å²) < 4.78 is 30.4. The molecule has 1 atom stereocenters. The Kier molecular flexibility index (Phi) is 8.86. The first-order chi connectivity index (χ1) is 21.3. The van der Waals surface area contributed by atoms with Gasteiger partial charge in [0.2, 0.25) is 5.91 Å². The molecular weight excluding hydrogens is 649 g/mol. The van der Waals surface area contributed by atoms with E-state index in [-0.39, 0.29) is 52.5 Å². The highest BCUT2D eigenvalue weighted by Crippen LogP contribution is 2.47. The van der Waals surface area contributed by atoms with Crippen LogP contribution < -0.4 is 15.8 Å². The molecule has 1 fully saturated rings. The van der Waals surface area contributed by atoms with Crippen molar-refractivity contribution in [2.45, 2.75) is 26.8 Å². The van der Waals surface area contributed by atoms with E-state index in [1.165, 1.54) is 16.7 Å². The number of nitrogens with one attached hydrogen (secondary N) is 1. The van der Waals surface area contributed by atoms with Gasteiger partial charge in [-0.3, -0.25) is 14.2 Å². The van der Waals surface area contributed by atoms with Gasteiger partial charge in [-0.15, -0.1) is 0 Å². The van der Waals surface area contributed by atoms with Crippen LogP contribution in [0.5, 0.6) is 5.75 Å². The first-order valence-electron chi connectivity index (χ1n) is 13.9. The van der Waals surface area contributed by atoms with Gasteiger partial charge in [-0.2, -0.15) is 5.26 Å². The maximum Gasteiger partial charge on any atom is 0.276 e. The Hall–Kier alpha value is -4.11. The molecule has 14 heteroatoms. The molecule has 0 saturated carbocycles. The summed E-state index contributed by atoms with van der Waals surface area (Å²) in [6, 6.07) is 3.11. The summed E-state index contributed by atoms with van der Waals surface area (Å²) in [5.74, 6) is -4.23. The number of benzene rings is 1. The molecule has 0 bridgehead atoms. The van der Waals surface area contributed by atoms with Gasteiger partial charge in [0.15, 0.2) is 11.6 Å². The molecule has 0 spiro atoms. The van der Waals surface area contributed by atoms with E-state index in [1.807, 2.05) is 20.8 Å². The number of aromatic hydroxyl groups is 1. The number of piperazine rings is 1. The summed E-state index contributed by atoms with van der Waals surface area (Å²) in [6.07, 6.45) is 4.76. The number of allylic oxidation sites excluding steroid dienone is 2. The van der Waals surface area contributed by atoms with Crippen molar-refractivity contribution in [2.75, 3.05) is 31.1 Å². The van der Waals surface area contributed by atoms with Crippen molar-refractivity contribution in [3.63, 3.8) is 0 Å². The zero-order valence-corrected chi connectivity index (χ0v) is 26.7. The van der Waals surface area contributed by atoms with Crippen LogP contribution in [0.1, 0.15) is 26.3 Å². The second-order valence-corrected chi connectivity index (χ2v) is 12.1. The minimum Gasteiger partial charge on any atom is -0.506 e. The fraction of sp³-hybridized carbons (Fsp3) is 0.290. The topological polar surface area (TPSA) is 114 Å². The van der Waals surface area contributed by atoms with Gasteiger partial charge in [-0.05, 0) is 42.8 Å². The van der Waals surface area contributed by atoms with Crippen molar-refractivity contribution >= 4 is 63.1 Å². The van der Waals surface area contributed by atoms with Crippen LogP contribution >= 0.6 is 34.8 Å². The molecule has 0 aliphatic carbocycles. The van der Waals surface area contributed by atoms with E-state index in [0.717, 1.165) is 0 Å². The number of fused-ring (bicyclic) bond motifs is 1. The van der Waals surface area contributed by atoms with Crippen LogP contribution in [-0.4, -0.2) is 57.7 Å². The predicted octanol–water partition coefficient (Wildman–Crippen LogP) is 6.09. The summed E-state index contributed by atoms with van der Waals surface area (Å²) in [4.78, 5) is 34.7. The van der Waals surface area contributed by atoms with Crippen LogP contribution in [0.4, 0.5) is 14.5 Å². The number of hydrogen-bond acceptors (Lipinski definition) is 7. The second kappa shape index (κ2) is 12.4. The Morgan fingerprint density at radius 2 is 1.84 bits per heavy atom. The Labute approximate surface area is 272 Å². The number of amides is 1. The first-order valence-corrected chi connectivity index (χ1v) is 15.0. The quantitative estimate of drug-likeness (QED) is 0.191. The predicted molar refractivity (Wildman–Crippen MR) is 172 cm³/mol. The molecule has 2 aliphatic heterocycles. The molecular formula is C31H27Cl3F2N6O3. The molecule has 234 valence electrons. The molecule has 3 aromatic rings. The third-order valence-corrected chi connectivity index (χ3v) is 8.95. The number of pyridine rings is 2. The molecule has 4 heterocycles. The molecule has 2 aliphatic rings. The summed E-state index contributed by atoms with van der Waals surface area (Å²) >= 11 is 18.8. The Balaban J connectivity index is 1.90. The summed E-state index contributed by atoms with van der Waals surface area (Å²) in [5, 5.41) is 22.8. The monoisotopic (exact) mass is 674 g/mol. The smallest absolute Gasteiger partial charge is 0.276 e. The van der Waals surface area contributed by atoms with Crippen LogP contribution in [0.15, 0.2) is 41.4 Å². The highest BCUT2D eigenvalue weighted by molar-refractivity contribution is 6.39. The minimum absolute atomic E-state index is 0.0198. The van der Waals surface area contributed by atoms with Crippen LogP contribution in [0.3, 0.4) is 0 Å². The van der Waals surface area contributed by atoms with Crippen molar-refractivity contribution in [3.05, 3.63) is 79.2 Å². The van der Waals surface area contributed by atoms with Gasteiger partial charge in [-0.1, -0.05) is 55.2 Å². The van der Waals surface area contributed by atoms with Crippen LogP contribution in [0.2, 0.25) is 15.1 Å². The van der Waals surface area contributed by atoms with Crippen LogP contribution in [0, 0.1) is 28.9 Å². The summed E-state index contributed by atoms with van der Waals surface area (Å²) in [6.45, 7) is 10.4. The molecule has 1 aromatic carbocycles. The maximum absolute atomic E-state index is 14.8. The van der Waals surface area contributed by atoms with E-state index < -0.39 is 44.6 Å². The summed E-state index contributed by atoms with van der Waals surface area (Å²) in [5.41, 5.74) is -0.112. The molecule has 1 saturated heterocycles. The molecule has 45 heavy (non-hydrogen) atoms. The third-order valence-electron chi connectivity index (χ3n) is 7.96. The number of nitriles is 1. The number of hydrogen-bond donors (Lipinski definition) is 2. The number of nitrogens with zero attached hydrogens (tertiary/aromatic N) is 5. The standard InChI is InChI=1S/C31H27Cl3F2N6O3/c1-5-19(43)40-8-10-41(11-9-40)28-16-12-18(32)26(20-21(33)23(35)24(36)22(34)29(20)44)39-30(16)42(31(45)17(28)13-37)27-15(4)6-7-38-25(27)14(2)3/h5-7,12,14,25,38,44H,1,8-11H2,2-4H3. The Morgan fingerprint density at radius 1 is 1.20 bits per heavy atom. The number of rotatable bonds is 5. The number of carbonyl (C=O) groups is 1. The number of carbonyl (C=O) groups excluding carboxylic acids is 1. The van der Waals surface area contributed by atoms with Crippen LogP contribution in [0.25, 0.3) is 28.0 Å². The highest BCUT2D eigenvalue weighted by atomic mass is 35.5. The minimum atomic E-state index is -1.55. The van der Waals surface area contributed by atoms with Crippen molar-refractivity contribution < 1.29 is 18.7 Å². The van der Waals surface area contributed by atoms with Crippen molar-refractivity contribution in [2.24, 2.45) is 5.92 Å². The van der Waals surface area contributed by atoms with Gasteiger partial charge in [0.1, 0.15) is 28.1 Å².